The number of methoxy groups -OCH3 is 2. The third-order valence-electron chi connectivity index (χ3n) is 3.90. The van der Waals surface area contributed by atoms with Gasteiger partial charge in [0.15, 0.2) is 15.8 Å². The largest absolute Gasteiger partial charge is 0.493 e. The second kappa shape index (κ2) is 9.29. The molecule has 0 bridgehead atoms. The standard InChI is InChI=1S/C17H20ClN5O2S2/c1-23-14(18)9-20-15(23)10-26-17-22-21-16(27-17)19-7-6-11-4-5-12(24-2)13(8-11)25-3/h4-5,8-9H,6-7,10H2,1-3H3,(H,19,21). The fourth-order valence-corrected chi connectivity index (χ4v) is 4.29. The SMILES string of the molecule is COc1ccc(CCNc2nnc(SCc3ncc(Cl)n3C)s2)cc1OC. The van der Waals surface area contributed by atoms with E-state index in [4.69, 9.17) is 21.1 Å². The lowest BCUT2D eigenvalue weighted by Gasteiger charge is -2.09. The zero-order chi connectivity index (χ0) is 19.2. The van der Waals surface area contributed by atoms with Crippen LogP contribution in [0.4, 0.5) is 5.13 Å². The normalized spacial score (nSPS) is 10.8. The molecule has 1 aromatic carbocycles. The maximum absolute atomic E-state index is 6.00. The first kappa shape index (κ1) is 19.8. The van der Waals surface area contributed by atoms with Crippen molar-refractivity contribution in [1.82, 2.24) is 19.7 Å². The molecular weight excluding hydrogens is 406 g/mol. The van der Waals surface area contributed by atoms with Gasteiger partial charge in [-0.1, -0.05) is 40.8 Å². The van der Waals surface area contributed by atoms with Gasteiger partial charge in [0.05, 0.1) is 26.2 Å². The monoisotopic (exact) mass is 425 g/mol. The summed E-state index contributed by atoms with van der Waals surface area (Å²) in [5, 5.41) is 13.1. The van der Waals surface area contributed by atoms with E-state index in [0.29, 0.717) is 10.9 Å². The average molecular weight is 426 g/mol. The van der Waals surface area contributed by atoms with E-state index in [1.54, 1.807) is 32.2 Å². The minimum absolute atomic E-state index is 0.625. The number of rotatable bonds is 9. The second-order valence-electron chi connectivity index (χ2n) is 5.58. The number of imidazole rings is 1. The van der Waals surface area contributed by atoms with Gasteiger partial charge in [0, 0.05) is 13.6 Å². The summed E-state index contributed by atoms with van der Waals surface area (Å²) in [4.78, 5) is 4.28. The van der Waals surface area contributed by atoms with Crippen LogP contribution >= 0.6 is 34.7 Å². The molecule has 2 heterocycles. The van der Waals surface area contributed by atoms with Crippen LogP contribution in [0.25, 0.3) is 0 Å². The van der Waals surface area contributed by atoms with Gasteiger partial charge in [-0.15, -0.1) is 10.2 Å². The van der Waals surface area contributed by atoms with E-state index in [0.717, 1.165) is 45.3 Å². The van der Waals surface area contributed by atoms with Gasteiger partial charge in [0.2, 0.25) is 5.13 Å². The Morgan fingerprint density at radius 3 is 2.74 bits per heavy atom. The second-order valence-corrected chi connectivity index (χ2v) is 8.17. The smallest absolute Gasteiger partial charge is 0.206 e. The first-order valence-electron chi connectivity index (χ1n) is 8.18. The Morgan fingerprint density at radius 1 is 1.22 bits per heavy atom. The van der Waals surface area contributed by atoms with Crippen LogP contribution in [-0.4, -0.2) is 40.5 Å². The van der Waals surface area contributed by atoms with Crippen LogP contribution in [0, 0.1) is 0 Å². The van der Waals surface area contributed by atoms with Crippen molar-refractivity contribution in [2.75, 3.05) is 26.1 Å². The molecule has 0 aliphatic heterocycles. The molecule has 7 nitrogen and oxygen atoms in total. The molecule has 0 fully saturated rings. The van der Waals surface area contributed by atoms with Gasteiger partial charge in [-0.3, -0.25) is 0 Å². The summed E-state index contributed by atoms with van der Waals surface area (Å²) in [6.07, 6.45) is 2.49. The van der Waals surface area contributed by atoms with Crippen molar-refractivity contribution in [2.24, 2.45) is 7.05 Å². The van der Waals surface area contributed by atoms with E-state index in [-0.39, 0.29) is 0 Å². The number of nitrogens with zero attached hydrogens (tertiary/aromatic N) is 4. The van der Waals surface area contributed by atoms with Crippen molar-refractivity contribution in [3.8, 4) is 11.5 Å². The van der Waals surface area contributed by atoms with Crippen LogP contribution in [-0.2, 0) is 19.2 Å². The lowest BCUT2D eigenvalue weighted by molar-refractivity contribution is 0.354. The molecule has 144 valence electrons. The van der Waals surface area contributed by atoms with Crippen molar-refractivity contribution >= 4 is 39.8 Å². The molecule has 3 aromatic rings. The summed E-state index contributed by atoms with van der Waals surface area (Å²) < 4.78 is 13.3. The minimum Gasteiger partial charge on any atom is -0.493 e. The highest BCUT2D eigenvalue weighted by atomic mass is 35.5. The predicted octanol–water partition coefficient (Wildman–Crippen LogP) is 3.89. The van der Waals surface area contributed by atoms with Gasteiger partial charge in [-0.05, 0) is 24.1 Å². The van der Waals surface area contributed by atoms with Crippen molar-refractivity contribution in [2.45, 2.75) is 16.5 Å². The lowest BCUT2D eigenvalue weighted by Crippen LogP contribution is -2.04. The van der Waals surface area contributed by atoms with Gasteiger partial charge in [0.1, 0.15) is 11.0 Å². The molecule has 0 amide bonds. The fraction of sp³-hybridized carbons (Fsp3) is 0.353. The molecule has 0 unspecified atom stereocenters. The van der Waals surface area contributed by atoms with Crippen LogP contribution in [0.2, 0.25) is 5.15 Å². The lowest BCUT2D eigenvalue weighted by atomic mass is 10.1. The molecule has 0 atom stereocenters. The fourth-order valence-electron chi connectivity index (χ4n) is 2.37. The molecule has 0 aliphatic carbocycles. The molecule has 27 heavy (non-hydrogen) atoms. The predicted molar refractivity (Wildman–Crippen MR) is 109 cm³/mol. The van der Waals surface area contributed by atoms with Crippen molar-refractivity contribution in [1.29, 1.82) is 0 Å². The summed E-state index contributed by atoms with van der Waals surface area (Å²) in [6, 6.07) is 5.93. The summed E-state index contributed by atoms with van der Waals surface area (Å²) in [5.41, 5.74) is 1.16. The Balaban J connectivity index is 1.49. The van der Waals surface area contributed by atoms with E-state index in [2.05, 4.69) is 20.5 Å². The topological polar surface area (TPSA) is 74.1 Å². The number of hydrogen-bond acceptors (Lipinski definition) is 8. The Kier molecular flexibility index (Phi) is 6.81. The molecule has 3 rings (SSSR count). The van der Waals surface area contributed by atoms with Crippen molar-refractivity contribution in [3.05, 3.63) is 40.9 Å². The summed E-state index contributed by atoms with van der Waals surface area (Å²) in [5.74, 6) is 3.07. The highest BCUT2D eigenvalue weighted by molar-refractivity contribution is 8.00. The zero-order valence-electron chi connectivity index (χ0n) is 15.2. The molecule has 0 saturated heterocycles. The van der Waals surface area contributed by atoms with Gasteiger partial charge >= 0.3 is 0 Å². The van der Waals surface area contributed by atoms with Crippen LogP contribution in [0.5, 0.6) is 11.5 Å². The Morgan fingerprint density at radius 2 is 2.04 bits per heavy atom. The number of thioether (sulfide) groups is 1. The van der Waals surface area contributed by atoms with E-state index in [1.807, 2.05) is 29.8 Å². The van der Waals surface area contributed by atoms with Crippen LogP contribution in [0.3, 0.4) is 0 Å². The quantitative estimate of drug-likeness (QED) is 0.521. The molecule has 2 aromatic heterocycles. The number of hydrogen-bond donors (Lipinski definition) is 1. The van der Waals surface area contributed by atoms with Gasteiger partial charge < -0.3 is 19.4 Å². The third-order valence-corrected chi connectivity index (χ3v) is 6.26. The first-order chi connectivity index (χ1) is 13.1. The molecule has 10 heteroatoms. The van der Waals surface area contributed by atoms with E-state index in [9.17, 15) is 0 Å². The summed E-state index contributed by atoms with van der Waals surface area (Å²) in [7, 11) is 5.16. The van der Waals surface area contributed by atoms with E-state index >= 15 is 0 Å². The third kappa shape index (κ3) is 5.06. The maximum Gasteiger partial charge on any atom is 0.206 e. The number of anilines is 1. The molecule has 0 saturated carbocycles. The van der Waals surface area contributed by atoms with Crippen LogP contribution in [0.1, 0.15) is 11.4 Å². The van der Waals surface area contributed by atoms with Crippen LogP contribution < -0.4 is 14.8 Å². The van der Waals surface area contributed by atoms with Crippen LogP contribution in [0.15, 0.2) is 28.7 Å². The molecule has 0 spiro atoms. The average Bonchev–Trinajstić information content (AvgIpc) is 3.27. The number of nitrogens with one attached hydrogen (secondary N) is 1. The maximum atomic E-state index is 6.00. The first-order valence-corrected chi connectivity index (χ1v) is 10.4. The Labute approximate surface area is 171 Å². The molecule has 0 aliphatic rings. The summed E-state index contributed by atoms with van der Waals surface area (Å²) >= 11 is 9.12. The molecule has 0 radical (unpaired) electrons. The zero-order valence-corrected chi connectivity index (χ0v) is 17.6. The van der Waals surface area contributed by atoms with Gasteiger partial charge in [-0.2, -0.15) is 0 Å². The van der Waals surface area contributed by atoms with Gasteiger partial charge in [-0.25, -0.2) is 4.98 Å². The highest BCUT2D eigenvalue weighted by Gasteiger charge is 2.09. The van der Waals surface area contributed by atoms with Gasteiger partial charge in [0.25, 0.3) is 0 Å². The van der Waals surface area contributed by atoms with E-state index < -0.39 is 0 Å². The Bertz CT molecular complexity index is 899. The summed E-state index contributed by atoms with van der Waals surface area (Å²) in [6.45, 7) is 0.754. The van der Waals surface area contributed by atoms with Crippen molar-refractivity contribution < 1.29 is 9.47 Å². The molecule has 1 N–H and O–H groups in total. The highest BCUT2D eigenvalue weighted by Crippen LogP contribution is 2.29. The Hall–Kier alpha value is -1.97. The number of ether oxygens (including phenoxy) is 2. The minimum atomic E-state index is 0.625. The van der Waals surface area contributed by atoms with E-state index in [1.165, 1.54) is 11.3 Å². The number of aromatic nitrogens is 4. The number of halogens is 1. The number of benzene rings is 1. The molecular formula is C17H20ClN5O2S2. The van der Waals surface area contributed by atoms with Crippen molar-refractivity contribution in [3.63, 3.8) is 0 Å².